The molecule has 2 heterocycles. The van der Waals surface area contributed by atoms with Crippen LogP contribution in [0.25, 0.3) is 0 Å². The number of imidazole rings is 1. The molecular formula is C28H33N5O3. The predicted octanol–water partition coefficient (Wildman–Crippen LogP) is 4.00. The Morgan fingerprint density at radius 2 is 1.72 bits per heavy atom. The summed E-state index contributed by atoms with van der Waals surface area (Å²) in [7, 11) is 0. The molecule has 0 fully saturated rings. The van der Waals surface area contributed by atoms with Gasteiger partial charge in [-0.1, -0.05) is 55.0 Å². The molecule has 1 atom stereocenters. The van der Waals surface area contributed by atoms with E-state index >= 15 is 0 Å². The molecule has 1 aromatic heterocycles. The van der Waals surface area contributed by atoms with Crippen LogP contribution in [0.3, 0.4) is 0 Å². The second-order valence-corrected chi connectivity index (χ2v) is 9.69. The number of anilines is 1. The van der Waals surface area contributed by atoms with Crippen LogP contribution in [0.2, 0.25) is 0 Å². The SMILES string of the molecule is CCCN1C(=O)c2c(C(=O)Nc3c(C)cccc3C)ncn2C[C@@]1(C)C(=O)NCc1ccc(C)cc1. The summed E-state index contributed by atoms with van der Waals surface area (Å²) in [5.41, 5.74) is 3.83. The molecule has 36 heavy (non-hydrogen) atoms. The Balaban J connectivity index is 1.60. The molecule has 0 aliphatic carbocycles. The minimum absolute atomic E-state index is 0.0610. The fourth-order valence-electron chi connectivity index (χ4n) is 4.69. The quantitative estimate of drug-likeness (QED) is 0.527. The molecule has 2 aromatic carbocycles. The smallest absolute Gasteiger partial charge is 0.276 e. The number of nitrogens with one attached hydrogen (secondary N) is 2. The number of aromatic nitrogens is 2. The van der Waals surface area contributed by atoms with E-state index in [0.29, 0.717) is 25.2 Å². The fraction of sp³-hybridized carbons (Fsp3) is 0.357. The van der Waals surface area contributed by atoms with Gasteiger partial charge in [0.05, 0.1) is 12.9 Å². The molecule has 0 saturated carbocycles. The zero-order chi connectivity index (χ0) is 26.0. The lowest BCUT2D eigenvalue weighted by molar-refractivity contribution is -0.133. The maximum absolute atomic E-state index is 13.7. The van der Waals surface area contributed by atoms with Crippen LogP contribution in [0, 0.1) is 20.8 Å². The molecule has 1 aliphatic rings. The van der Waals surface area contributed by atoms with Crippen LogP contribution in [0.1, 0.15) is 63.5 Å². The van der Waals surface area contributed by atoms with Crippen LogP contribution in [-0.4, -0.2) is 44.3 Å². The van der Waals surface area contributed by atoms with E-state index in [4.69, 9.17) is 0 Å². The molecular weight excluding hydrogens is 454 g/mol. The van der Waals surface area contributed by atoms with E-state index < -0.39 is 11.4 Å². The highest BCUT2D eigenvalue weighted by atomic mass is 16.2. The molecule has 0 saturated heterocycles. The van der Waals surface area contributed by atoms with Crippen molar-refractivity contribution >= 4 is 23.4 Å². The van der Waals surface area contributed by atoms with Crippen molar-refractivity contribution in [2.75, 3.05) is 11.9 Å². The second-order valence-electron chi connectivity index (χ2n) is 9.69. The van der Waals surface area contributed by atoms with Gasteiger partial charge in [0.25, 0.3) is 11.8 Å². The Hall–Kier alpha value is -3.94. The first-order valence-corrected chi connectivity index (χ1v) is 12.2. The number of fused-ring (bicyclic) bond motifs is 1. The van der Waals surface area contributed by atoms with Crippen LogP contribution < -0.4 is 10.6 Å². The van der Waals surface area contributed by atoms with Crippen molar-refractivity contribution in [2.24, 2.45) is 0 Å². The van der Waals surface area contributed by atoms with Crippen LogP contribution in [0.15, 0.2) is 48.8 Å². The number of hydrogen-bond acceptors (Lipinski definition) is 4. The Morgan fingerprint density at radius 1 is 1.06 bits per heavy atom. The standard InChI is InChI=1S/C28H33N5O3/c1-6-14-33-26(35)24-23(25(34)31-22-19(3)8-7-9-20(22)4)30-17-32(24)16-28(33,5)27(36)29-15-21-12-10-18(2)11-13-21/h7-13,17H,6,14-16H2,1-5H3,(H,29,36)(H,31,34)/t28-/m0/s1. The minimum atomic E-state index is -1.12. The van der Waals surface area contributed by atoms with E-state index in [1.54, 1.807) is 16.4 Å². The van der Waals surface area contributed by atoms with Gasteiger partial charge in [0.1, 0.15) is 11.2 Å². The van der Waals surface area contributed by atoms with Crippen LogP contribution >= 0.6 is 0 Å². The molecule has 188 valence electrons. The molecule has 8 nitrogen and oxygen atoms in total. The average Bonchev–Trinajstić information content (AvgIpc) is 3.27. The minimum Gasteiger partial charge on any atom is -0.350 e. The number of aryl methyl sites for hydroxylation is 3. The van der Waals surface area contributed by atoms with Crippen LogP contribution in [0.4, 0.5) is 5.69 Å². The van der Waals surface area contributed by atoms with Gasteiger partial charge in [-0.25, -0.2) is 4.98 Å². The van der Waals surface area contributed by atoms with Crippen LogP contribution in [0.5, 0.6) is 0 Å². The fourth-order valence-corrected chi connectivity index (χ4v) is 4.69. The number of carbonyl (C=O) groups is 3. The highest BCUT2D eigenvalue weighted by molar-refractivity contribution is 6.12. The summed E-state index contributed by atoms with van der Waals surface area (Å²) in [5, 5.41) is 5.92. The highest BCUT2D eigenvalue weighted by Gasteiger charge is 2.48. The Bertz CT molecular complexity index is 1290. The van der Waals surface area contributed by atoms with Gasteiger partial charge in [-0.05, 0) is 50.8 Å². The van der Waals surface area contributed by atoms with Gasteiger partial charge in [-0.3, -0.25) is 14.4 Å². The van der Waals surface area contributed by atoms with Crippen molar-refractivity contribution in [2.45, 2.75) is 59.7 Å². The average molecular weight is 488 g/mol. The van der Waals surface area contributed by atoms with E-state index in [1.807, 2.05) is 70.2 Å². The molecule has 0 bridgehead atoms. The number of amides is 3. The van der Waals surface area contributed by atoms with E-state index in [2.05, 4.69) is 15.6 Å². The third-order valence-corrected chi connectivity index (χ3v) is 6.80. The van der Waals surface area contributed by atoms with Crippen LogP contribution in [-0.2, 0) is 17.9 Å². The number of para-hydroxylation sites is 1. The number of carbonyl (C=O) groups excluding carboxylic acids is 3. The largest absolute Gasteiger partial charge is 0.350 e. The van der Waals surface area contributed by atoms with Gasteiger partial charge in [-0.2, -0.15) is 0 Å². The topological polar surface area (TPSA) is 96.3 Å². The number of hydrogen-bond donors (Lipinski definition) is 2. The Morgan fingerprint density at radius 3 is 2.36 bits per heavy atom. The molecule has 1 aliphatic heterocycles. The zero-order valence-electron chi connectivity index (χ0n) is 21.5. The summed E-state index contributed by atoms with van der Waals surface area (Å²) >= 11 is 0. The predicted molar refractivity (Wildman–Crippen MR) is 139 cm³/mol. The lowest BCUT2D eigenvalue weighted by Gasteiger charge is -2.43. The third kappa shape index (κ3) is 4.63. The first-order valence-electron chi connectivity index (χ1n) is 12.2. The molecule has 3 amide bonds. The Kier molecular flexibility index (Phi) is 6.97. The van der Waals surface area contributed by atoms with Crippen molar-refractivity contribution in [3.8, 4) is 0 Å². The van der Waals surface area contributed by atoms with Gasteiger partial charge in [0, 0.05) is 18.8 Å². The summed E-state index contributed by atoms with van der Waals surface area (Å²) in [4.78, 5) is 46.2. The lowest BCUT2D eigenvalue weighted by Crippen LogP contribution is -2.64. The van der Waals surface area contributed by atoms with Crippen molar-refractivity contribution < 1.29 is 14.4 Å². The Labute approximate surface area is 211 Å². The number of nitrogens with zero attached hydrogens (tertiary/aromatic N) is 3. The monoisotopic (exact) mass is 487 g/mol. The number of rotatable bonds is 7. The molecule has 2 N–H and O–H groups in total. The van der Waals surface area contributed by atoms with Crippen molar-refractivity contribution in [1.29, 1.82) is 0 Å². The van der Waals surface area contributed by atoms with E-state index in [0.717, 1.165) is 22.3 Å². The molecule has 4 rings (SSSR count). The van der Waals surface area contributed by atoms with Crippen molar-refractivity contribution in [3.63, 3.8) is 0 Å². The summed E-state index contributed by atoms with van der Waals surface area (Å²) < 4.78 is 1.62. The normalized spacial score (nSPS) is 17.0. The zero-order valence-corrected chi connectivity index (χ0v) is 21.5. The van der Waals surface area contributed by atoms with Gasteiger partial charge < -0.3 is 20.1 Å². The molecule has 3 aromatic rings. The third-order valence-electron chi connectivity index (χ3n) is 6.80. The molecule has 8 heteroatoms. The molecule has 0 unspecified atom stereocenters. The van der Waals surface area contributed by atoms with Gasteiger partial charge in [0.2, 0.25) is 5.91 Å². The van der Waals surface area contributed by atoms with E-state index in [-0.39, 0.29) is 29.7 Å². The van der Waals surface area contributed by atoms with E-state index in [1.165, 1.54) is 6.33 Å². The number of benzene rings is 2. The summed E-state index contributed by atoms with van der Waals surface area (Å²) in [6.45, 7) is 10.5. The van der Waals surface area contributed by atoms with E-state index in [9.17, 15) is 14.4 Å². The highest BCUT2D eigenvalue weighted by Crippen LogP contribution is 2.30. The van der Waals surface area contributed by atoms with Crippen molar-refractivity contribution in [1.82, 2.24) is 19.8 Å². The first kappa shape index (κ1) is 25.2. The summed E-state index contributed by atoms with van der Waals surface area (Å²) in [6.07, 6.45) is 2.15. The van der Waals surface area contributed by atoms with Gasteiger partial charge >= 0.3 is 0 Å². The first-order chi connectivity index (χ1) is 17.2. The second kappa shape index (κ2) is 9.97. The van der Waals surface area contributed by atoms with Gasteiger partial charge in [-0.15, -0.1) is 0 Å². The molecule has 0 radical (unpaired) electrons. The maximum Gasteiger partial charge on any atom is 0.276 e. The summed E-state index contributed by atoms with van der Waals surface area (Å²) in [5.74, 6) is -1.07. The van der Waals surface area contributed by atoms with Gasteiger partial charge in [0.15, 0.2) is 5.69 Å². The maximum atomic E-state index is 13.7. The lowest BCUT2D eigenvalue weighted by atomic mass is 9.93. The molecule has 0 spiro atoms. The van der Waals surface area contributed by atoms with Crippen molar-refractivity contribution in [3.05, 3.63) is 82.4 Å². The summed E-state index contributed by atoms with van der Waals surface area (Å²) in [6, 6.07) is 13.7.